The van der Waals surface area contributed by atoms with Gasteiger partial charge in [0.2, 0.25) is 0 Å². The number of piperazine rings is 1. The molecule has 0 atom stereocenters. The highest BCUT2D eigenvalue weighted by atomic mass is 79.9. The van der Waals surface area contributed by atoms with E-state index in [1.165, 1.54) is 6.07 Å². The first-order chi connectivity index (χ1) is 9.15. The van der Waals surface area contributed by atoms with Crippen molar-refractivity contribution in [3.05, 3.63) is 34.1 Å². The lowest BCUT2D eigenvalue weighted by atomic mass is 10.2. The van der Waals surface area contributed by atoms with Crippen molar-refractivity contribution in [2.45, 2.75) is 6.54 Å². The van der Waals surface area contributed by atoms with Crippen LogP contribution < -0.4 is 5.32 Å². The molecular weight excluding hydrogens is 309 g/mol. The van der Waals surface area contributed by atoms with Crippen molar-refractivity contribution in [2.24, 2.45) is 0 Å². The summed E-state index contributed by atoms with van der Waals surface area (Å²) in [6.45, 7) is 7.05. The van der Waals surface area contributed by atoms with Gasteiger partial charge in [0.05, 0.1) is 0 Å². The smallest absolute Gasteiger partial charge is 0.127 e. The zero-order valence-electron chi connectivity index (χ0n) is 11.3. The van der Waals surface area contributed by atoms with Gasteiger partial charge in [0.15, 0.2) is 0 Å². The van der Waals surface area contributed by atoms with Gasteiger partial charge in [0, 0.05) is 55.8 Å². The van der Waals surface area contributed by atoms with E-state index in [-0.39, 0.29) is 5.82 Å². The lowest BCUT2D eigenvalue weighted by Gasteiger charge is -2.32. The summed E-state index contributed by atoms with van der Waals surface area (Å²) >= 11 is 3.37. The molecule has 5 heteroatoms. The maximum Gasteiger partial charge on any atom is 0.127 e. The van der Waals surface area contributed by atoms with Crippen molar-refractivity contribution >= 4 is 15.9 Å². The second-order valence-corrected chi connectivity index (χ2v) is 5.97. The molecule has 0 radical (unpaired) electrons. The van der Waals surface area contributed by atoms with E-state index < -0.39 is 0 Å². The van der Waals surface area contributed by atoms with Crippen molar-refractivity contribution in [3.8, 4) is 0 Å². The van der Waals surface area contributed by atoms with E-state index in [0.717, 1.165) is 43.7 Å². The summed E-state index contributed by atoms with van der Waals surface area (Å²) in [5.74, 6) is -0.143. The summed E-state index contributed by atoms with van der Waals surface area (Å²) in [5.41, 5.74) is 0.716. The molecule has 3 nitrogen and oxygen atoms in total. The summed E-state index contributed by atoms with van der Waals surface area (Å²) in [4.78, 5) is 4.80. The normalized spacial score (nSPS) is 17.8. The zero-order chi connectivity index (χ0) is 13.7. The van der Waals surface area contributed by atoms with Gasteiger partial charge in [-0.3, -0.25) is 4.90 Å². The number of benzene rings is 1. The molecule has 106 valence electrons. The predicted molar refractivity (Wildman–Crippen MR) is 79.7 cm³/mol. The largest absolute Gasteiger partial charge is 0.311 e. The molecule has 0 saturated carbocycles. The maximum absolute atomic E-state index is 13.5. The van der Waals surface area contributed by atoms with Crippen molar-refractivity contribution in [2.75, 3.05) is 46.3 Å². The average molecular weight is 330 g/mol. The van der Waals surface area contributed by atoms with Gasteiger partial charge in [-0.05, 0) is 25.2 Å². The lowest BCUT2D eigenvalue weighted by molar-refractivity contribution is 0.154. The first-order valence-electron chi connectivity index (χ1n) is 6.71. The van der Waals surface area contributed by atoms with Crippen LogP contribution in [0.5, 0.6) is 0 Å². The summed E-state index contributed by atoms with van der Waals surface area (Å²) < 4.78 is 14.4. The third-order valence-corrected chi connectivity index (χ3v) is 4.02. The average Bonchev–Trinajstić information content (AvgIpc) is 2.40. The number of nitrogens with zero attached hydrogens (tertiary/aromatic N) is 2. The minimum atomic E-state index is -0.143. The fraction of sp³-hybridized carbons (Fsp3) is 0.571. The van der Waals surface area contributed by atoms with E-state index in [1.807, 2.05) is 6.07 Å². The summed E-state index contributed by atoms with van der Waals surface area (Å²) in [6.07, 6.45) is 0. The molecule has 0 amide bonds. The highest BCUT2D eigenvalue weighted by Gasteiger charge is 2.12. The Bertz CT molecular complexity index is 406. The zero-order valence-corrected chi connectivity index (χ0v) is 12.9. The highest BCUT2D eigenvalue weighted by molar-refractivity contribution is 9.10. The van der Waals surface area contributed by atoms with E-state index in [1.54, 1.807) is 6.07 Å². The number of likely N-dealkylation sites (N-methyl/N-ethyl adjacent to an activating group) is 1. The fourth-order valence-electron chi connectivity index (χ4n) is 2.21. The quantitative estimate of drug-likeness (QED) is 0.833. The lowest BCUT2D eigenvalue weighted by Crippen LogP contribution is -2.46. The molecule has 1 aromatic rings. The Morgan fingerprint density at radius 2 is 2.00 bits per heavy atom. The number of halogens is 2. The van der Waals surface area contributed by atoms with Gasteiger partial charge in [0.1, 0.15) is 5.82 Å². The Morgan fingerprint density at radius 1 is 1.26 bits per heavy atom. The molecule has 1 saturated heterocycles. The van der Waals surface area contributed by atoms with Crippen LogP contribution in [-0.4, -0.2) is 56.1 Å². The number of hydrogen-bond acceptors (Lipinski definition) is 3. The SMILES string of the molecule is CN1CCN(CCNCc2cc(Br)ccc2F)CC1. The van der Waals surface area contributed by atoms with Crippen LogP contribution in [-0.2, 0) is 6.54 Å². The summed E-state index contributed by atoms with van der Waals surface area (Å²) in [5, 5.41) is 3.31. The van der Waals surface area contributed by atoms with E-state index in [2.05, 4.69) is 38.1 Å². The monoisotopic (exact) mass is 329 g/mol. The van der Waals surface area contributed by atoms with Crippen LogP contribution in [0, 0.1) is 5.82 Å². The van der Waals surface area contributed by atoms with Crippen LogP contribution in [0.25, 0.3) is 0 Å². The molecule has 0 bridgehead atoms. The third kappa shape index (κ3) is 4.84. The molecule has 1 N–H and O–H groups in total. The molecule has 1 aliphatic rings. The van der Waals surface area contributed by atoms with Gasteiger partial charge in [-0.25, -0.2) is 4.39 Å². The Morgan fingerprint density at radius 3 is 2.74 bits per heavy atom. The Hall–Kier alpha value is -0.490. The number of nitrogens with one attached hydrogen (secondary N) is 1. The fourth-order valence-corrected chi connectivity index (χ4v) is 2.62. The van der Waals surface area contributed by atoms with Crippen LogP contribution in [0.2, 0.25) is 0 Å². The molecule has 1 fully saturated rings. The van der Waals surface area contributed by atoms with Crippen LogP contribution in [0.15, 0.2) is 22.7 Å². The van der Waals surface area contributed by atoms with Gasteiger partial charge < -0.3 is 10.2 Å². The van der Waals surface area contributed by atoms with Gasteiger partial charge in [-0.2, -0.15) is 0 Å². The molecule has 0 aliphatic carbocycles. The minimum absolute atomic E-state index is 0.143. The molecule has 0 spiro atoms. The van der Waals surface area contributed by atoms with Crippen molar-refractivity contribution in [1.82, 2.24) is 15.1 Å². The summed E-state index contributed by atoms with van der Waals surface area (Å²) in [6, 6.07) is 5.06. The van der Waals surface area contributed by atoms with Crippen molar-refractivity contribution in [1.29, 1.82) is 0 Å². The van der Waals surface area contributed by atoms with Gasteiger partial charge in [-0.1, -0.05) is 15.9 Å². The van der Waals surface area contributed by atoms with Crippen molar-refractivity contribution in [3.63, 3.8) is 0 Å². The Balaban J connectivity index is 1.68. The maximum atomic E-state index is 13.5. The number of hydrogen-bond donors (Lipinski definition) is 1. The molecule has 0 unspecified atom stereocenters. The molecule has 19 heavy (non-hydrogen) atoms. The Kier molecular flexibility index (Phi) is 5.76. The summed E-state index contributed by atoms with van der Waals surface area (Å²) in [7, 11) is 2.16. The van der Waals surface area contributed by atoms with E-state index in [0.29, 0.717) is 12.1 Å². The predicted octanol–water partition coefficient (Wildman–Crippen LogP) is 1.93. The van der Waals surface area contributed by atoms with Crippen LogP contribution in [0.1, 0.15) is 5.56 Å². The first kappa shape index (κ1) is 14.9. The molecule has 0 aromatic heterocycles. The molecule has 2 rings (SSSR count). The second kappa shape index (κ2) is 7.33. The minimum Gasteiger partial charge on any atom is -0.311 e. The van der Waals surface area contributed by atoms with Crippen molar-refractivity contribution < 1.29 is 4.39 Å². The molecular formula is C14H21BrFN3. The van der Waals surface area contributed by atoms with E-state index in [4.69, 9.17) is 0 Å². The van der Waals surface area contributed by atoms with Gasteiger partial charge in [0.25, 0.3) is 0 Å². The topological polar surface area (TPSA) is 18.5 Å². The van der Waals surface area contributed by atoms with Crippen LogP contribution in [0.3, 0.4) is 0 Å². The molecule has 1 heterocycles. The van der Waals surface area contributed by atoms with Gasteiger partial charge in [-0.15, -0.1) is 0 Å². The standard InChI is InChI=1S/C14H21BrFN3/c1-18-6-8-19(9-7-18)5-4-17-11-12-10-13(15)2-3-14(12)16/h2-3,10,17H,4-9,11H2,1H3. The second-order valence-electron chi connectivity index (χ2n) is 5.06. The van der Waals surface area contributed by atoms with Gasteiger partial charge >= 0.3 is 0 Å². The van der Waals surface area contributed by atoms with Crippen LogP contribution >= 0.6 is 15.9 Å². The third-order valence-electron chi connectivity index (χ3n) is 3.52. The first-order valence-corrected chi connectivity index (χ1v) is 7.50. The molecule has 1 aliphatic heterocycles. The van der Waals surface area contributed by atoms with E-state index in [9.17, 15) is 4.39 Å². The highest BCUT2D eigenvalue weighted by Crippen LogP contribution is 2.15. The van der Waals surface area contributed by atoms with Crippen LogP contribution in [0.4, 0.5) is 4.39 Å². The number of rotatable bonds is 5. The Labute approximate surface area is 122 Å². The molecule has 1 aromatic carbocycles. The van der Waals surface area contributed by atoms with E-state index >= 15 is 0 Å².